The molecule has 9 N–H and O–H groups in total. The lowest BCUT2D eigenvalue weighted by Gasteiger charge is -2.16. The molecule has 2 amide bonds. The van der Waals surface area contributed by atoms with Crippen molar-refractivity contribution in [3.63, 3.8) is 0 Å². The highest BCUT2D eigenvalue weighted by atomic mass is 16.4. The zero-order valence-electron chi connectivity index (χ0n) is 26.2. The molecule has 0 aliphatic rings. The Morgan fingerprint density at radius 2 is 0.925 bits per heavy atom. The third-order valence-electron chi connectivity index (χ3n) is 7.01. The number of nitrogens with one attached hydrogen (secondary N) is 2. The van der Waals surface area contributed by atoms with Crippen LogP contribution in [-0.2, 0) is 4.79 Å². The summed E-state index contributed by atoms with van der Waals surface area (Å²) < 4.78 is 0. The maximum atomic E-state index is 11.3. The van der Waals surface area contributed by atoms with Gasteiger partial charge in [0.25, 0.3) is 0 Å². The number of carbonyl (C=O) groups is 2. The van der Waals surface area contributed by atoms with Gasteiger partial charge in [-0.15, -0.1) is 0 Å². The van der Waals surface area contributed by atoms with Crippen LogP contribution in [0.3, 0.4) is 0 Å². The van der Waals surface area contributed by atoms with Gasteiger partial charge in [-0.05, 0) is 71.4 Å². The number of hydrogen-bond donors (Lipinski definition) is 6. The monoisotopic (exact) mass is 573 g/mol. The van der Waals surface area contributed by atoms with Gasteiger partial charge in [-0.25, -0.2) is 9.69 Å². The molecule has 0 aromatic heterocycles. The Morgan fingerprint density at radius 1 is 0.550 bits per heavy atom. The minimum atomic E-state index is -1.24. The third-order valence-corrected chi connectivity index (χ3v) is 7.01. The zero-order valence-corrected chi connectivity index (χ0v) is 26.2. The molecule has 9 nitrogen and oxygen atoms in total. The summed E-state index contributed by atoms with van der Waals surface area (Å²) in [6.07, 6.45) is 25.3. The Bertz CT molecular complexity index is 509. The van der Waals surface area contributed by atoms with Gasteiger partial charge in [-0.1, -0.05) is 103 Å². The highest BCUT2D eigenvalue weighted by Gasteiger charge is 2.17. The van der Waals surface area contributed by atoms with Gasteiger partial charge in [0.1, 0.15) is 0 Å². The second-order valence-electron chi connectivity index (χ2n) is 10.8. The van der Waals surface area contributed by atoms with Gasteiger partial charge in [-0.2, -0.15) is 0 Å². The maximum Gasteiger partial charge on any atom is 0.414 e. The molecular formula is C31H68N6O3. The average molecular weight is 573 g/mol. The number of nitrogens with two attached hydrogens (primary N) is 3. The van der Waals surface area contributed by atoms with E-state index in [1.807, 2.05) is 0 Å². The molecule has 0 radical (unpaired) electrons. The van der Waals surface area contributed by atoms with Crippen LogP contribution in [0.5, 0.6) is 0 Å². The summed E-state index contributed by atoms with van der Waals surface area (Å²) >= 11 is 0. The summed E-state index contributed by atoms with van der Waals surface area (Å²) in [4.78, 5) is 22.8. The molecule has 0 heterocycles. The van der Waals surface area contributed by atoms with Crippen molar-refractivity contribution in [1.29, 1.82) is 0 Å². The molecule has 240 valence electrons. The van der Waals surface area contributed by atoms with E-state index in [4.69, 9.17) is 22.3 Å². The summed E-state index contributed by atoms with van der Waals surface area (Å²) in [7, 11) is 0. The van der Waals surface area contributed by atoms with Crippen LogP contribution in [0, 0.1) is 0 Å². The predicted molar refractivity (Wildman–Crippen MR) is 171 cm³/mol. The smallest absolute Gasteiger partial charge is 0.414 e. The SMILES string of the molecule is CCCCCCCCCCCCCCCCCCN.NCCCNCCCCNCCCN(C(=O)O)C(=O)CN. The van der Waals surface area contributed by atoms with Crippen molar-refractivity contribution in [2.75, 3.05) is 52.4 Å². The summed E-state index contributed by atoms with van der Waals surface area (Å²) in [5.74, 6) is -0.564. The van der Waals surface area contributed by atoms with E-state index in [0.29, 0.717) is 19.5 Å². The summed E-state index contributed by atoms with van der Waals surface area (Å²) in [6, 6.07) is 0. The van der Waals surface area contributed by atoms with Gasteiger partial charge in [-0.3, -0.25) is 4.79 Å². The Hall–Kier alpha value is -1.26. The van der Waals surface area contributed by atoms with Gasteiger partial charge in [0.15, 0.2) is 0 Å². The lowest BCUT2D eigenvalue weighted by molar-refractivity contribution is -0.127. The first kappa shape index (κ1) is 40.9. The minimum Gasteiger partial charge on any atom is -0.465 e. The lowest BCUT2D eigenvalue weighted by atomic mass is 10.0. The number of unbranched alkanes of at least 4 members (excludes halogenated alkanes) is 16. The van der Waals surface area contributed by atoms with Crippen molar-refractivity contribution in [3.8, 4) is 0 Å². The maximum absolute atomic E-state index is 11.3. The largest absolute Gasteiger partial charge is 0.465 e. The normalized spacial score (nSPS) is 10.8. The third kappa shape index (κ3) is 32.9. The zero-order chi connectivity index (χ0) is 29.9. The van der Waals surface area contributed by atoms with Crippen LogP contribution < -0.4 is 27.8 Å². The van der Waals surface area contributed by atoms with Gasteiger partial charge in [0.05, 0.1) is 6.54 Å². The molecule has 0 aliphatic heterocycles. The summed E-state index contributed by atoms with van der Waals surface area (Å²) in [6.45, 7) is 7.30. The molecule has 0 aliphatic carbocycles. The van der Waals surface area contributed by atoms with Crippen LogP contribution in [0.4, 0.5) is 4.79 Å². The standard InChI is InChI=1S/C18H39N.C13H29N5O3/c1-2-3-4-5-6-7-8-9-10-11-12-13-14-15-16-17-18-19;14-5-3-8-16-6-1-2-7-17-9-4-10-18(13(20)21)12(19)11-15/h2-19H2,1H3;16-17H,1-11,14-15H2,(H,20,21). The van der Waals surface area contributed by atoms with E-state index in [1.165, 1.54) is 103 Å². The predicted octanol–water partition coefficient (Wildman–Crippen LogP) is 5.36. The first-order valence-electron chi connectivity index (χ1n) is 16.6. The Labute approximate surface area is 247 Å². The van der Waals surface area contributed by atoms with Crippen LogP contribution in [0.15, 0.2) is 0 Å². The van der Waals surface area contributed by atoms with E-state index < -0.39 is 12.0 Å². The van der Waals surface area contributed by atoms with Gasteiger partial charge in [0.2, 0.25) is 5.91 Å². The fourth-order valence-electron chi connectivity index (χ4n) is 4.47. The Morgan fingerprint density at radius 3 is 1.30 bits per heavy atom. The molecule has 9 heteroatoms. The number of nitrogens with zero attached hydrogens (tertiary/aromatic N) is 1. The van der Waals surface area contributed by atoms with Crippen molar-refractivity contribution < 1.29 is 14.7 Å². The number of hydrogen-bond acceptors (Lipinski definition) is 7. The van der Waals surface area contributed by atoms with Crippen molar-refractivity contribution in [2.45, 2.75) is 135 Å². The fourth-order valence-corrected chi connectivity index (χ4v) is 4.47. The molecule has 0 aromatic rings. The van der Waals surface area contributed by atoms with Crippen LogP contribution >= 0.6 is 0 Å². The Kier molecular flexibility index (Phi) is 36.6. The number of carbonyl (C=O) groups excluding carboxylic acids is 1. The molecule has 0 unspecified atom stereocenters. The van der Waals surface area contributed by atoms with E-state index in [0.717, 1.165) is 50.3 Å². The fraction of sp³-hybridized carbons (Fsp3) is 0.935. The van der Waals surface area contributed by atoms with E-state index in [-0.39, 0.29) is 13.1 Å². The molecule has 0 aromatic carbocycles. The van der Waals surface area contributed by atoms with Crippen molar-refractivity contribution in [1.82, 2.24) is 15.5 Å². The summed E-state index contributed by atoms with van der Waals surface area (Å²) in [5, 5.41) is 15.4. The molecule has 0 saturated heterocycles. The second-order valence-corrected chi connectivity index (χ2v) is 10.8. The van der Waals surface area contributed by atoms with Crippen molar-refractivity contribution in [2.24, 2.45) is 17.2 Å². The second kappa shape index (κ2) is 35.8. The lowest BCUT2D eigenvalue weighted by Crippen LogP contribution is -2.41. The number of rotatable bonds is 29. The van der Waals surface area contributed by atoms with Crippen LogP contribution in [0.2, 0.25) is 0 Å². The van der Waals surface area contributed by atoms with E-state index in [9.17, 15) is 9.59 Å². The van der Waals surface area contributed by atoms with Crippen molar-refractivity contribution in [3.05, 3.63) is 0 Å². The summed E-state index contributed by atoms with van der Waals surface area (Å²) in [5.41, 5.74) is 16.0. The number of carboxylic acid groups (broad SMARTS) is 1. The van der Waals surface area contributed by atoms with Gasteiger partial charge < -0.3 is 32.9 Å². The van der Waals surface area contributed by atoms with E-state index >= 15 is 0 Å². The molecule has 0 fully saturated rings. The molecule has 0 spiro atoms. The van der Waals surface area contributed by atoms with Crippen LogP contribution in [0.1, 0.15) is 135 Å². The van der Waals surface area contributed by atoms with Gasteiger partial charge in [0, 0.05) is 6.54 Å². The van der Waals surface area contributed by atoms with Crippen LogP contribution in [0.25, 0.3) is 0 Å². The Balaban J connectivity index is 0. The number of amides is 2. The highest BCUT2D eigenvalue weighted by molar-refractivity contribution is 5.92. The quantitative estimate of drug-likeness (QED) is 0.0654. The molecule has 0 atom stereocenters. The number of imide groups is 1. The van der Waals surface area contributed by atoms with Crippen LogP contribution in [-0.4, -0.2) is 74.4 Å². The van der Waals surface area contributed by atoms with E-state index in [2.05, 4.69) is 17.6 Å². The molecule has 0 rings (SSSR count). The topological polar surface area (TPSA) is 160 Å². The molecular weight excluding hydrogens is 504 g/mol. The first-order valence-corrected chi connectivity index (χ1v) is 16.6. The molecule has 0 bridgehead atoms. The molecule has 0 saturated carbocycles. The first-order chi connectivity index (χ1) is 19.5. The van der Waals surface area contributed by atoms with Gasteiger partial charge >= 0.3 is 6.09 Å². The average Bonchev–Trinajstić information content (AvgIpc) is 2.95. The van der Waals surface area contributed by atoms with E-state index in [1.54, 1.807) is 0 Å². The molecule has 40 heavy (non-hydrogen) atoms. The van der Waals surface area contributed by atoms with Crippen molar-refractivity contribution >= 4 is 12.0 Å². The highest BCUT2D eigenvalue weighted by Crippen LogP contribution is 2.13. The minimum absolute atomic E-state index is 0.180.